The van der Waals surface area contributed by atoms with Crippen LogP contribution in [0.1, 0.15) is 32.6 Å². The fourth-order valence-corrected chi connectivity index (χ4v) is 2.20. The summed E-state index contributed by atoms with van der Waals surface area (Å²) in [5, 5.41) is 4.93. The molecule has 0 spiro atoms. The first-order valence-corrected chi connectivity index (χ1v) is 6.03. The second-order valence-corrected chi connectivity index (χ2v) is 4.61. The number of carbonyl (C=O) groups is 1. The minimum atomic E-state index is -4.18. The summed E-state index contributed by atoms with van der Waals surface area (Å²) in [4.78, 5) is 11.9. The predicted octanol–water partition coefficient (Wildman–Crippen LogP) is 1.93. The molecule has 1 aliphatic rings. The second-order valence-electron chi connectivity index (χ2n) is 4.61. The standard InChI is InChI=1S/C11H18F4N2O/c1-2-4-10(5-3-6-17-10)9(18)16-7-11(14,15)8(12)13/h8,17H,2-7H2,1H3,(H,16,18). The van der Waals surface area contributed by atoms with Crippen LogP contribution in [0.2, 0.25) is 0 Å². The van der Waals surface area contributed by atoms with Crippen LogP contribution in [0.15, 0.2) is 0 Å². The molecule has 1 aliphatic heterocycles. The number of nitrogens with one attached hydrogen (secondary N) is 2. The normalized spacial score (nSPS) is 24.6. The van der Waals surface area contributed by atoms with Crippen molar-refractivity contribution in [3.8, 4) is 0 Å². The van der Waals surface area contributed by atoms with Gasteiger partial charge in [-0.1, -0.05) is 13.3 Å². The molecule has 0 saturated carbocycles. The van der Waals surface area contributed by atoms with E-state index >= 15 is 0 Å². The van der Waals surface area contributed by atoms with E-state index in [9.17, 15) is 22.4 Å². The number of amides is 1. The van der Waals surface area contributed by atoms with Gasteiger partial charge in [0.2, 0.25) is 5.91 Å². The van der Waals surface area contributed by atoms with Crippen LogP contribution in [0.3, 0.4) is 0 Å². The van der Waals surface area contributed by atoms with Crippen LogP contribution in [0.4, 0.5) is 17.6 Å². The maximum absolute atomic E-state index is 12.7. The molecule has 2 N–H and O–H groups in total. The Hall–Kier alpha value is -0.850. The van der Waals surface area contributed by atoms with Gasteiger partial charge in [0.1, 0.15) is 0 Å². The molecule has 0 bridgehead atoms. The number of carbonyl (C=O) groups excluding carboxylic acids is 1. The average Bonchev–Trinajstić information content (AvgIpc) is 2.76. The highest BCUT2D eigenvalue weighted by molar-refractivity contribution is 5.86. The molecule has 1 atom stereocenters. The lowest BCUT2D eigenvalue weighted by molar-refractivity contribution is -0.140. The van der Waals surface area contributed by atoms with Crippen molar-refractivity contribution in [3.05, 3.63) is 0 Å². The van der Waals surface area contributed by atoms with Gasteiger partial charge < -0.3 is 10.6 Å². The molecule has 106 valence electrons. The monoisotopic (exact) mass is 270 g/mol. The Morgan fingerprint density at radius 3 is 2.61 bits per heavy atom. The smallest absolute Gasteiger partial charge is 0.324 e. The number of hydrogen-bond donors (Lipinski definition) is 2. The van der Waals surface area contributed by atoms with Crippen LogP contribution in [0, 0.1) is 0 Å². The lowest BCUT2D eigenvalue weighted by atomic mass is 9.91. The van der Waals surface area contributed by atoms with E-state index in [0.717, 1.165) is 6.42 Å². The number of hydrogen-bond acceptors (Lipinski definition) is 2. The molecule has 0 aromatic heterocycles. The van der Waals surface area contributed by atoms with E-state index in [-0.39, 0.29) is 0 Å². The molecule has 0 aromatic carbocycles. The first kappa shape index (κ1) is 15.2. The zero-order chi connectivity index (χ0) is 13.8. The van der Waals surface area contributed by atoms with E-state index in [0.29, 0.717) is 25.8 Å². The number of halogens is 4. The fraction of sp³-hybridized carbons (Fsp3) is 0.909. The van der Waals surface area contributed by atoms with E-state index in [2.05, 4.69) is 5.32 Å². The van der Waals surface area contributed by atoms with Crippen molar-refractivity contribution in [1.82, 2.24) is 10.6 Å². The van der Waals surface area contributed by atoms with Crippen molar-refractivity contribution in [2.24, 2.45) is 0 Å². The first-order valence-electron chi connectivity index (χ1n) is 6.03. The Labute approximate surface area is 103 Å². The highest BCUT2D eigenvalue weighted by Gasteiger charge is 2.44. The van der Waals surface area contributed by atoms with Gasteiger partial charge in [0.25, 0.3) is 0 Å². The summed E-state index contributed by atoms with van der Waals surface area (Å²) in [7, 11) is 0. The summed E-state index contributed by atoms with van der Waals surface area (Å²) in [6.07, 6.45) is -1.22. The minimum Gasteiger partial charge on any atom is -0.348 e. The second kappa shape index (κ2) is 5.86. The molecule has 1 unspecified atom stereocenters. The molecule has 1 amide bonds. The molecule has 1 heterocycles. The molecule has 7 heteroatoms. The maximum atomic E-state index is 12.7. The third kappa shape index (κ3) is 3.34. The van der Waals surface area contributed by atoms with E-state index in [4.69, 9.17) is 0 Å². The molecule has 3 nitrogen and oxygen atoms in total. The Balaban J connectivity index is 2.58. The van der Waals surface area contributed by atoms with Crippen molar-refractivity contribution in [3.63, 3.8) is 0 Å². The molecule has 1 rings (SSSR count). The summed E-state index contributed by atoms with van der Waals surface area (Å²) in [6, 6.07) is 0. The van der Waals surface area contributed by atoms with Gasteiger partial charge in [-0.2, -0.15) is 8.78 Å². The summed E-state index contributed by atoms with van der Waals surface area (Å²) in [6.45, 7) is 1.19. The zero-order valence-electron chi connectivity index (χ0n) is 10.2. The molecule has 18 heavy (non-hydrogen) atoms. The van der Waals surface area contributed by atoms with E-state index < -0.39 is 30.3 Å². The lowest BCUT2D eigenvalue weighted by Crippen LogP contribution is -2.55. The summed E-state index contributed by atoms with van der Waals surface area (Å²) >= 11 is 0. The molecule has 0 aromatic rings. The van der Waals surface area contributed by atoms with Crippen LogP contribution < -0.4 is 10.6 Å². The number of alkyl halides is 4. The van der Waals surface area contributed by atoms with Gasteiger partial charge in [0.05, 0.1) is 12.1 Å². The van der Waals surface area contributed by atoms with Crippen molar-refractivity contribution in [1.29, 1.82) is 0 Å². The van der Waals surface area contributed by atoms with Crippen molar-refractivity contribution in [2.45, 2.75) is 50.5 Å². The number of rotatable bonds is 6. The van der Waals surface area contributed by atoms with Crippen LogP contribution in [-0.2, 0) is 4.79 Å². The molecular weight excluding hydrogens is 252 g/mol. The van der Waals surface area contributed by atoms with Gasteiger partial charge in [0.15, 0.2) is 0 Å². The van der Waals surface area contributed by atoms with Gasteiger partial charge in [-0.3, -0.25) is 4.79 Å². The van der Waals surface area contributed by atoms with E-state index in [1.807, 2.05) is 12.2 Å². The SMILES string of the molecule is CCCC1(C(=O)NCC(F)(F)C(F)F)CCCN1. The Morgan fingerprint density at radius 2 is 2.17 bits per heavy atom. The first-order chi connectivity index (χ1) is 8.34. The van der Waals surface area contributed by atoms with Gasteiger partial charge in [-0.05, 0) is 25.8 Å². The minimum absolute atomic E-state index is 0.513. The maximum Gasteiger partial charge on any atom is 0.324 e. The molecular formula is C11H18F4N2O. The van der Waals surface area contributed by atoms with Gasteiger partial charge in [0, 0.05) is 0 Å². The van der Waals surface area contributed by atoms with Gasteiger partial charge >= 0.3 is 12.3 Å². The average molecular weight is 270 g/mol. The largest absolute Gasteiger partial charge is 0.348 e. The molecule has 1 saturated heterocycles. The van der Waals surface area contributed by atoms with Crippen LogP contribution >= 0.6 is 0 Å². The third-order valence-corrected chi connectivity index (χ3v) is 3.16. The Bertz CT molecular complexity index is 291. The highest BCUT2D eigenvalue weighted by Crippen LogP contribution is 2.26. The summed E-state index contributed by atoms with van der Waals surface area (Å²) in [5.41, 5.74) is -0.868. The van der Waals surface area contributed by atoms with Gasteiger partial charge in [-0.15, -0.1) is 0 Å². The quantitative estimate of drug-likeness (QED) is 0.724. The van der Waals surface area contributed by atoms with Gasteiger partial charge in [-0.25, -0.2) is 8.78 Å². The van der Waals surface area contributed by atoms with Crippen molar-refractivity contribution >= 4 is 5.91 Å². The summed E-state index contributed by atoms with van der Waals surface area (Å²) in [5.74, 6) is -4.79. The molecule has 1 fully saturated rings. The lowest BCUT2D eigenvalue weighted by Gasteiger charge is -2.28. The van der Waals surface area contributed by atoms with Crippen molar-refractivity contribution in [2.75, 3.05) is 13.1 Å². The van der Waals surface area contributed by atoms with Crippen LogP contribution in [0.25, 0.3) is 0 Å². The molecule has 0 aliphatic carbocycles. The van der Waals surface area contributed by atoms with Crippen molar-refractivity contribution < 1.29 is 22.4 Å². The highest BCUT2D eigenvalue weighted by atomic mass is 19.3. The fourth-order valence-electron chi connectivity index (χ4n) is 2.20. The van der Waals surface area contributed by atoms with E-state index in [1.165, 1.54) is 0 Å². The van der Waals surface area contributed by atoms with Crippen LogP contribution in [0.5, 0.6) is 0 Å². The zero-order valence-corrected chi connectivity index (χ0v) is 10.2. The Kier molecular flexibility index (Phi) is 4.95. The Morgan fingerprint density at radius 1 is 1.50 bits per heavy atom. The topological polar surface area (TPSA) is 41.1 Å². The van der Waals surface area contributed by atoms with E-state index in [1.54, 1.807) is 0 Å². The third-order valence-electron chi connectivity index (χ3n) is 3.16. The summed E-state index contributed by atoms with van der Waals surface area (Å²) < 4.78 is 49.4. The molecule has 0 radical (unpaired) electrons. The van der Waals surface area contributed by atoms with Crippen LogP contribution in [-0.4, -0.2) is 36.9 Å². The predicted molar refractivity (Wildman–Crippen MR) is 58.8 cm³/mol.